The highest BCUT2D eigenvalue weighted by molar-refractivity contribution is 5.79. The van der Waals surface area contributed by atoms with Crippen molar-refractivity contribution in [1.29, 1.82) is 5.26 Å². The smallest absolute Gasteiger partial charge is 0.0991 e. The van der Waals surface area contributed by atoms with Gasteiger partial charge in [0.15, 0.2) is 0 Å². The van der Waals surface area contributed by atoms with Crippen molar-refractivity contribution in [2.45, 2.75) is 13.8 Å². The van der Waals surface area contributed by atoms with Crippen molar-refractivity contribution in [2.75, 3.05) is 0 Å². The molecule has 0 radical (unpaired) electrons. The third kappa shape index (κ3) is 2.49. The van der Waals surface area contributed by atoms with Gasteiger partial charge in [-0.15, -0.1) is 0 Å². The summed E-state index contributed by atoms with van der Waals surface area (Å²) in [5, 5.41) is 9.14. The van der Waals surface area contributed by atoms with E-state index in [2.05, 4.69) is 37.0 Å². The summed E-state index contributed by atoms with van der Waals surface area (Å²) in [6.07, 6.45) is 1.81. The Balaban J connectivity index is 2.20. The number of nitrogens with zero attached hydrogens (tertiary/aromatic N) is 2. The molecule has 106 valence electrons. The van der Waals surface area contributed by atoms with Crippen LogP contribution in [0.3, 0.4) is 0 Å². The molecule has 0 aliphatic rings. The van der Waals surface area contributed by atoms with Gasteiger partial charge in [0.05, 0.1) is 17.3 Å². The molecule has 3 rings (SSSR count). The zero-order valence-electron chi connectivity index (χ0n) is 12.7. The molecule has 2 aromatic carbocycles. The molecule has 0 amide bonds. The summed E-state index contributed by atoms with van der Waals surface area (Å²) < 4.78 is 0. The Bertz CT molecular complexity index is 859. The predicted molar refractivity (Wildman–Crippen MR) is 89.3 cm³/mol. The SMILES string of the molecule is Cc1ccc(C#N)cc1-c1cccc(-c2ccccn2)c1C. The number of hydrogen-bond donors (Lipinski definition) is 0. The van der Waals surface area contributed by atoms with Crippen molar-refractivity contribution < 1.29 is 0 Å². The second-order valence-electron chi connectivity index (χ2n) is 5.33. The lowest BCUT2D eigenvalue weighted by Gasteiger charge is -2.13. The third-order valence-corrected chi connectivity index (χ3v) is 3.93. The molecule has 0 saturated heterocycles. The van der Waals surface area contributed by atoms with Gasteiger partial charge >= 0.3 is 0 Å². The van der Waals surface area contributed by atoms with Crippen LogP contribution in [0.4, 0.5) is 0 Å². The molecule has 0 atom stereocenters. The van der Waals surface area contributed by atoms with E-state index in [1.165, 1.54) is 11.1 Å². The summed E-state index contributed by atoms with van der Waals surface area (Å²) in [4.78, 5) is 4.45. The van der Waals surface area contributed by atoms with Crippen LogP contribution in [-0.2, 0) is 0 Å². The van der Waals surface area contributed by atoms with Gasteiger partial charge in [0, 0.05) is 11.8 Å². The van der Waals surface area contributed by atoms with Crippen LogP contribution in [0.15, 0.2) is 60.8 Å². The Morgan fingerprint density at radius 2 is 1.68 bits per heavy atom. The Kier molecular flexibility index (Phi) is 3.72. The van der Waals surface area contributed by atoms with E-state index in [0.717, 1.165) is 22.4 Å². The predicted octanol–water partition coefficient (Wildman–Crippen LogP) is 4.90. The molecule has 0 bridgehead atoms. The van der Waals surface area contributed by atoms with E-state index in [9.17, 15) is 0 Å². The van der Waals surface area contributed by atoms with Gasteiger partial charge in [0.2, 0.25) is 0 Å². The minimum Gasteiger partial charge on any atom is -0.256 e. The molecule has 1 aromatic heterocycles. The minimum absolute atomic E-state index is 0.684. The molecule has 0 fully saturated rings. The van der Waals surface area contributed by atoms with Gasteiger partial charge in [-0.2, -0.15) is 5.26 Å². The van der Waals surface area contributed by atoms with E-state index in [1.54, 1.807) is 0 Å². The summed E-state index contributed by atoms with van der Waals surface area (Å²) in [6, 6.07) is 20.2. The zero-order chi connectivity index (χ0) is 15.5. The monoisotopic (exact) mass is 284 g/mol. The Morgan fingerprint density at radius 3 is 2.41 bits per heavy atom. The van der Waals surface area contributed by atoms with Gasteiger partial charge in [-0.1, -0.05) is 30.3 Å². The molecule has 0 spiro atoms. The van der Waals surface area contributed by atoms with Crippen molar-refractivity contribution in [2.24, 2.45) is 0 Å². The standard InChI is InChI=1S/C20H16N2/c1-14-9-10-16(13-21)12-19(14)17-6-5-7-18(15(17)2)20-8-3-4-11-22-20/h3-12H,1-2H3. The van der Waals surface area contributed by atoms with E-state index >= 15 is 0 Å². The third-order valence-electron chi connectivity index (χ3n) is 3.93. The lowest BCUT2D eigenvalue weighted by molar-refractivity contribution is 1.30. The second kappa shape index (κ2) is 5.83. The van der Waals surface area contributed by atoms with Gasteiger partial charge in [-0.3, -0.25) is 4.98 Å². The molecule has 0 saturated carbocycles. The quantitative estimate of drug-likeness (QED) is 0.670. The molecule has 0 N–H and O–H groups in total. The maximum absolute atomic E-state index is 9.14. The molecule has 1 heterocycles. The fourth-order valence-corrected chi connectivity index (χ4v) is 2.71. The molecular formula is C20H16N2. The van der Waals surface area contributed by atoms with E-state index < -0.39 is 0 Å². The van der Waals surface area contributed by atoms with Gasteiger partial charge in [-0.05, 0) is 60.4 Å². The fraction of sp³-hybridized carbons (Fsp3) is 0.100. The Labute approximate surface area is 130 Å². The Morgan fingerprint density at radius 1 is 0.864 bits per heavy atom. The van der Waals surface area contributed by atoms with E-state index in [0.29, 0.717) is 5.56 Å². The van der Waals surface area contributed by atoms with Gasteiger partial charge in [0.1, 0.15) is 0 Å². The first-order chi connectivity index (χ1) is 10.7. The average Bonchev–Trinajstić information content (AvgIpc) is 2.57. The van der Waals surface area contributed by atoms with Gasteiger partial charge in [-0.25, -0.2) is 0 Å². The molecule has 2 heteroatoms. The van der Waals surface area contributed by atoms with Crippen LogP contribution in [0.1, 0.15) is 16.7 Å². The van der Waals surface area contributed by atoms with Crippen LogP contribution in [0, 0.1) is 25.2 Å². The van der Waals surface area contributed by atoms with Gasteiger partial charge in [0.25, 0.3) is 0 Å². The number of aromatic nitrogens is 1. The molecule has 2 nitrogen and oxygen atoms in total. The molecule has 3 aromatic rings. The van der Waals surface area contributed by atoms with Crippen LogP contribution in [0.5, 0.6) is 0 Å². The first kappa shape index (κ1) is 14.0. The van der Waals surface area contributed by atoms with Crippen LogP contribution in [-0.4, -0.2) is 4.98 Å². The van der Waals surface area contributed by atoms with Gasteiger partial charge < -0.3 is 0 Å². The molecule has 0 aliphatic carbocycles. The maximum Gasteiger partial charge on any atom is 0.0991 e. The van der Waals surface area contributed by atoms with Crippen LogP contribution >= 0.6 is 0 Å². The number of rotatable bonds is 2. The number of hydrogen-bond acceptors (Lipinski definition) is 2. The van der Waals surface area contributed by atoms with Crippen molar-refractivity contribution in [3.8, 4) is 28.5 Å². The number of pyridine rings is 1. The van der Waals surface area contributed by atoms with Crippen LogP contribution in [0.25, 0.3) is 22.4 Å². The van der Waals surface area contributed by atoms with Crippen LogP contribution < -0.4 is 0 Å². The summed E-state index contributed by atoms with van der Waals surface area (Å²) in [7, 11) is 0. The molecule has 22 heavy (non-hydrogen) atoms. The van der Waals surface area contributed by atoms with E-state index in [-0.39, 0.29) is 0 Å². The molecular weight excluding hydrogens is 268 g/mol. The zero-order valence-corrected chi connectivity index (χ0v) is 12.7. The van der Waals surface area contributed by atoms with Crippen molar-refractivity contribution in [3.63, 3.8) is 0 Å². The summed E-state index contributed by atoms with van der Waals surface area (Å²) >= 11 is 0. The summed E-state index contributed by atoms with van der Waals surface area (Å²) in [6.45, 7) is 4.18. The van der Waals surface area contributed by atoms with Crippen LogP contribution in [0.2, 0.25) is 0 Å². The fourth-order valence-electron chi connectivity index (χ4n) is 2.71. The first-order valence-electron chi connectivity index (χ1n) is 7.23. The topological polar surface area (TPSA) is 36.7 Å². The number of nitriles is 1. The van der Waals surface area contributed by atoms with Crippen molar-refractivity contribution >= 4 is 0 Å². The lowest BCUT2D eigenvalue weighted by Crippen LogP contribution is -1.92. The maximum atomic E-state index is 9.14. The normalized spacial score (nSPS) is 10.2. The minimum atomic E-state index is 0.684. The van der Waals surface area contributed by atoms with E-state index in [4.69, 9.17) is 5.26 Å². The van der Waals surface area contributed by atoms with Crippen molar-refractivity contribution in [3.05, 3.63) is 77.5 Å². The molecule has 0 unspecified atom stereocenters. The highest BCUT2D eigenvalue weighted by atomic mass is 14.7. The second-order valence-corrected chi connectivity index (χ2v) is 5.33. The first-order valence-corrected chi connectivity index (χ1v) is 7.23. The number of benzene rings is 2. The van der Waals surface area contributed by atoms with E-state index in [1.807, 2.05) is 48.7 Å². The van der Waals surface area contributed by atoms with Crippen molar-refractivity contribution in [1.82, 2.24) is 4.98 Å². The largest absolute Gasteiger partial charge is 0.256 e. The highest BCUT2D eigenvalue weighted by Crippen LogP contribution is 2.32. The Hall–Kier alpha value is -2.92. The summed E-state index contributed by atoms with van der Waals surface area (Å²) in [5.41, 5.74) is 7.38. The lowest BCUT2D eigenvalue weighted by atomic mass is 9.91. The average molecular weight is 284 g/mol. The number of aryl methyl sites for hydroxylation is 1. The summed E-state index contributed by atoms with van der Waals surface area (Å²) in [5.74, 6) is 0. The highest BCUT2D eigenvalue weighted by Gasteiger charge is 2.11. The molecule has 0 aliphatic heterocycles.